The Hall–Kier alpha value is -2.81. The fourth-order valence-electron chi connectivity index (χ4n) is 2.55. The summed E-state index contributed by atoms with van der Waals surface area (Å²) in [5.74, 6) is 0.841. The first kappa shape index (κ1) is 12.0. The van der Waals surface area contributed by atoms with Gasteiger partial charge in [0.15, 0.2) is 5.58 Å². The van der Waals surface area contributed by atoms with Crippen molar-refractivity contribution in [1.29, 1.82) is 0 Å². The van der Waals surface area contributed by atoms with Crippen LogP contribution in [0.3, 0.4) is 0 Å². The maximum Gasteiger partial charge on any atom is 0.153 e. The third-order valence-electron chi connectivity index (χ3n) is 3.65. The molecule has 2 aromatic carbocycles. The van der Waals surface area contributed by atoms with Gasteiger partial charge in [-0.15, -0.1) is 0 Å². The summed E-state index contributed by atoms with van der Waals surface area (Å²) in [5, 5.41) is 2.20. The van der Waals surface area contributed by atoms with Gasteiger partial charge >= 0.3 is 0 Å². The fourth-order valence-corrected chi connectivity index (χ4v) is 2.55. The molecular weight excluding hydrogens is 262 g/mol. The zero-order chi connectivity index (χ0) is 14.2. The number of fused-ring (bicyclic) bond motifs is 3. The van der Waals surface area contributed by atoms with Gasteiger partial charge in [0.2, 0.25) is 0 Å². The molecule has 4 aromatic rings. The van der Waals surface area contributed by atoms with Crippen molar-refractivity contribution in [3.8, 4) is 17.0 Å². The summed E-state index contributed by atoms with van der Waals surface area (Å²) >= 11 is 0. The highest BCUT2D eigenvalue weighted by atomic mass is 16.5. The van der Waals surface area contributed by atoms with E-state index in [1.807, 2.05) is 42.5 Å². The summed E-state index contributed by atoms with van der Waals surface area (Å²) in [6.45, 7) is 0. The van der Waals surface area contributed by atoms with E-state index in [9.17, 15) is 0 Å². The Balaban J connectivity index is 1.90. The molecular formula is C18H13NO2. The summed E-state index contributed by atoms with van der Waals surface area (Å²) in [6, 6.07) is 18.0. The molecule has 102 valence electrons. The number of rotatable bonds is 2. The molecule has 21 heavy (non-hydrogen) atoms. The van der Waals surface area contributed by atoms with Crippen LogP contribution in [-0.4, -0.2) is 12.1 Å². The molecule has 0 aliphatic heterocycles. The van der Waals surface area contributed by atoms with E-state index in [0.29, 0.717) is 0 Å². The standard InChI is InChI=1S/C18H13NO2/c1-20-13-8-6-12(7-9-13)16-10-15-14-4-2-3-5-17(14)21-18(15)11-19-16/h2-11H,1H3. The number of furan rings is 1. The quantitative estimate of drug-likeness (QED) is 0.534. The highest BCUT2D eigenvalue weighted by Crippen LogP contribution is 2.31. The van der Waals surface area contributed by atoms with Crippen LogP contribution in [0.15, 0.2) is 65.2 Å². The van der Waals surface area contributed by atoms with Crippen molar-refractivity contribution in [2.45, 2.75) is 0 Å². The number of pyridine rings is 1. The Bertz CT molecular complexity index is 923. The summed E-state index contributed by atoms with van der Waals surface area (Å²) in [6.07, 6.45) is 1.79. The van der Waals surface area contributed by atoms with E-state index >= 15 is 0 Å². The van der Waals surface area contributed by atoms with Gasteiger partial charge in [0.25, 0.3) is 0 Å². The molecule has 0 fully saturated rings. The van der Waals surface area contributed by atoms with Gasteiger partial charge in [0, 0.05) is 16.3 Å². The second kappa shape index (κ2) is 4.63. The summed E-state index contributed by atoms with van der Waals surface area (Å²) in [7, 11) is 1.66. The van der Waals surface area contributed by atoms with E-state index in [1.54, 1.807) is 13.3 Å². The smallest absolute Gasteiger partial charge is 0.153 e. The molecule has 0 saturated heterocycles. The average Bonchev–Trinajstić information content (AvgIpc) is 2.93. The van der Waals surface area contributed by atoms with Crippen LogP contribution in [0.2, 0.25) is 0 Å². The maximum absolute atomic E-state index is 5.80. The van der Waals surface area contributed by atoms with Crippen molar-refractivity contribution in [1.82, 2.24) is 4.98 Å². The highest BCUT2D eigenvalue weighted by Gasteiger charge is 2.08. The predicted octanol–water partition coefficient (Wildman–Crippen LogP) is 4.66. The van der Waals surface area contributed by atoms with Gasteiger partial charge in [-0.2, -0.15) is 0 Å². The van der Waals surface area contributed by atoms with E-state index in [0.717, 1.165) is 38.9 Å². The Morgan fingerprint density at radius 3 is 2.52 bits per heavy atom. The molecule has 0 saturated carbocycles. The fraction of sp³-hybridized carbons (Fsp3) is 0.0556. The first-order valence-corrected chi connectivity index (χ1v) is 6.77. The first-order chi connectivity index (χ1) is 10.3. The Kier molecular flexibility index (Phi) is 2.64. The third kappa shape index (κ3) is 1.94. The molecule has 2 aromatic heterocycles. The topological polar surface area (TPSA) is 35.3 Å². The van der Waals surface area contributed by atoms with Gasteiger partial charge < -0.3 is 9.15 Å². The summed E-state index contributed by atoms with van der Waals surface area (Å²) < 4.78 is 11.0. The second-order valence-corrected chi connectivity index (χ2v) is 4.89. The van der Waals surface area contributed by atoms with Crippen LogP contribution in [-0.2, 0) is 0 Å². The lowest BCUT2D eigenvalue weighted by molar-refractivity contribution is 0.415. The van der Waals surface area contributed by atoms with E-state index in [4.69, 9.17) is 9.15 Å². The van der Waals surface area contributed by atoms with Crippen molar-refractivity contribution in [2.24, 2.45) is 0 Å². The molecule has 0 bridgehead atoms. The number of para-hydroxylation sites is 1. The largest absolute Gasteiger partial charge is 0.497 e. The summed E-state index contributed by atoms with van der Waals surface area (Å²) in [4.78, 5) is 4.49. The van der Waals surface area contributed by atoms with E-state index < -0.39 is 0 Å². The number of ether oxygens (including phenoxy) is 1. The minimum absolute atomic E-state index is 0.813. The van der Waals surface area contributed by atoms with Crippen LogP contribution in [0, 0.1) is 0 Å². The average molecular weight is 275 g/mol. The monoisotopic (exact) mass is 275 g/mol. The van der Waals surface area contributed by atoms with E-state index in [2.05, 4.69) is 17.1 Å². The van der Waals surface area contributed by atoms with Crippen LogP contribution >= 0.6 is 0 Å². The first-order valence-electron chi connectivity index (χ1n) is 6.77. The zero-order valence-electron chi connectivity index (χ0n) is 11.5. The molecule has 0 unspecified atom stereocenters. The SMILES string of the molecule is COc1ccc(-c2cc3c(cn2)oc2ccccc23)cc1. The highest BCUT2D eigenvalue weighted by molar-refractivity contribution is 6.05. The lowest BCUT2D eigenvalue weighted by Crippen LogP contribution is -1.85. The van der Waals surface area contributed by atoms with Crippen molar-refractivity contribution >= 4 is 21.9 Å². The van der Waals surface area contributed by atoms with Crippen molar-refractivity contribution in [3.05, 3.63) is 60.8 Å². The Morgan fingerprint density at radius 2 is 1.71 bits per heavy atom. The number of hydrogen-bond donors (Lipinski definition) is 0. The molecule has 4 rings (SSSR count). The Morgan fingerprint density at radius 1 is 0.905 bits per heavy atom. The molecule has 2 heterocycles. The number of nitrogens with zero attached hydrogens (tertiary/aromatic N) is 1. The van der Waals surface area contributed by atoms with Crippen molar-refractivity contribution < 1.29 is 9.15 Å². The number of aromatic nitrogens is 1. The van der Waals surface area contributed by atoms with Crippen molar-refractivity contribution in [3.63, 3.8) is 0 Å². The summed E-state index contributed by atoms with van der Waals surface area (Å²) in [5.41, 5.74) is 3.69. The third-order valence-corrected chi connectivity index (χ3v) is 3.65. The number of benzene rings is 2. The minimum Gasteiger partial charge on any atom is -0.497 e. The lowest BCUT2D eigenvalue weighted by atomic mass is 10.1. The van der Waals surface area contributed by atoms with Crippen LogP contribution < -0.4 is 4.74 Å². The molecule has 0 radical (unpaired) electrons. The van der Waals surface area contributed by atoms with E-state index in [-0.39, 0.29) is 0 Å². The predicted molar refractivity (Wildman–Crippen MR) is 83.5 cm³/mol. The van der Waals surface area contributed by atoms with Gasteiger partial charge in [-0.1, -0.05) is 18.2 Å². The zero-order valence-corrected chi connectivity index (χ0v) is 11.5. The molecule has 0 amide bonds. The van der Waals surface area contributed by atoms with Crippen LogP contribution in [0.25, 0.3) is 33.2 Å². The Labute approximate surface area is 121 Å². The molecule has 0 spiro atoms. The molecule has 3 heteroatoms. The number of hydrogen-bond acceptors (Lipinski definition) is 3. The van der Waals surface area contributed by atoms with Gasteiger partial charge in [-0.25, -0.2) is 0 Å². The van der Waals surface area contributed by atoms with Crippen molar-refractivity contribution in [2.75, 3.05) is 7.11 Å². The molecule has 0 aliphatic rings. The normalized spacial score (nSPS) is 11.1. The van der Waals surface area contributed by atoms with Crippen LogP contribution in [0.4, 0.5) is 0 Å². The molecule has 0 N–H and O–H groups in total. The molecule has 0 aliphatic carbocycles. The van der Waals surface area contributed by atoms with E-state index in [1.165, 1.54) is 0 Å². The van der Waals surface area contributed by atoms with Crippen LogP contribution in [0.5, 0.6) is 5.75 Å². The minimum atomic E-state index is 0.813. The lowest BCUT2D eigenvalue weighted by Gasteiger charge is -2.03. The second-order valence-electron chi connectivity index (χ2n) is 4.89. The number of methoxy groups -OCH3 is 1. The van der Waals surface area contributed by atoms with Gasteiger partial charge in [0.1, 0.15) is 11.3 Å². The van der Waals surface area contributed by atoms with Gasteiger partial charge in [0.05, 0.1) is 19.0 Å². The molecule has 0 atom stereocenters. The molecule has 3 nitrogen and oxygen atoms in total. The maximum atomic E-state index is 5.80. The van der Waals surface area contributed by atoms with Gasteiger partial charge in [-0.05, 0) is 36.4 Å². The van der Waals surface area contributed by atoms with Crippen LogP contribution in [0.1, 0.15) is 0 Å². The van der Waals surface area contributed by atoms with Gasteiger partial charge in [-0.3, -0.25) is 4.98 Å².